The van der Waals surface area contributed by atoms with Crippen LogP contribution in [-0.4, -0.2) is 20.0 Å². The normalized spacial score (nSPS) is 11.8. The molecule has 1 aromatic carbocycles. The van der Waals surface area contributed by atoms with E-state index in [9.17, 15) is 8.42 Å². The fourth-order valence-corrected chi connectivity index (χ4v) is 3.47. The van der Waals surface area contributed by atoms with Gasteiger partial charge in [-0.2, -0.15) is 0 Å². The average molecular weight is 335 g/mol. The van der Waals surface area contributed by atoms with Gasteiger partial charge in [0, 0.05) is 12.1 Å². The SMILES string of the molecule is CCC(CC)CNS(=O)(=O)c1ccc(C(N)=S)c(Cl)c1. The predicted molar refractivity (Wildman–Crippen MR) is 86.6 cm³/mol. The van der Waals surface area contributed by atoms with Crippen LogP contribution in [0.2, 0.25) is 5.02 Å². The van der Waals surface area contributed by atoms with Crippen LogP contribution in [0.3, 0.4) is 0 Å². The number of hydrogen-bond donors (Lipinski definition) is 2. The van der Waals surface area contributed by atoms with Gasteiger partial charge in [0.2, 0.25) is 10.0 Å². The summed E-state index contributed by atoms with van der Waals surface area (Å²) in [6.45, 7) is 4.50. The quantitative estimate of drug-likeness (QED) is 0.752. The van der Waals surface area contributed by atoms with E-state index in [4.69, 9.17) is 29.6 Å². The van der Waals surface area contributed by atoms with E-state index in [1.807, 2.05) is 13.8 Å². The fraction of sp³-hybridized carbons (Fsp3) is 0.462. The Balaban J connectivity index is 2.93. The van der Waals surface area contributed by atoms with Crippen LogP contribution < -0.4 is 10.5 Å². The third-order valence-corrected chi connectivity index (χ3v) is 5.19. The smallest absolute Gasteiger partial charge is 0.240 e. The Morgan fingerprint density at radius 2 is 2.00 bits per heavy atom. The van der Waals surface area contributed by atoms with Crippen molar-refractivity contribution in [2.24, 2.45) is 11.7 Å². The second-order valence-electron chi connectivity index (χ2n) is 4.54. The summed E-state index contributed by atoms with van der Waals surface area (Å²) >= 11 is 10.8. The van der Waals surface area contributed by atoms with Crippen molar-refractivity contribution in [3.63, 3.8) is 0 Å². The van der Waals surface area contributed by atoms with Gasteiger partial charge in [-0.15, -0.1) is 0 Å². The first-order valence-electron chi connectivity index (χ1n) is 6.40. The second-order valence-corrected chi connectivity index (χ2v) is 7.15. The number of thiocarbonyl (C=S) groups is 1. The number of rotatable bonds is 7. The van der Waals surface area contributed by atoms with E-state index in [1.54, 1.807) is 0 Å². The van der Waals surface area contributed by atoms with Crippen molar-refractivity contribution >= 4 is 38.8 Å². The van der Waals surface area contributed by atoms with Gasteiger partial charge >= 0.3 is 0 Å². The van der Waals surface area contributed by atoms with Gasteiger partial charge in [0.15, 0.2) is 0 Å². The number of sulfonamides is 1. The van der Waals surface area contributed by atoms with Crippen molar-refractivity contribution in [2.75, 3.05) is 6.54 Å². The molecule has 1 aromatic rings. The highest BCUT2D eigenvalue weighted by Crippen LogP contribution is 2.21. The van der Waals surface area contributed by atoms with Crippen molar-refractivity contribution in [3.8, 4) is 0 Å². The molecule has 0 aromatic heterocycles. The molecule has 0 aliphatic carbocycles. The van der Waals surface area contributed by atoms with Gasteiger partial charge in [-0.05, 0) is 24.1 Å². The lowest BCUT2D eigenvalue weighted by atomic mass is 10.0. The standard InChI is InChI=1S/C13H19ClN2O2S2/c1-3-9(4-2)8-16-20(17,18)10-5-6-11(13(15)19)12(14)7-10/h5-7,9,16H,3-4,8H2,1-2H3,(H2,15,19). The van der Waals surface area contributed by atoms with Crippen LogP contribution in [0.5, 0.6) is 0 Å². The molecule has 0 aliphatic rings. The minimum absolute atomic E-state index is 0.119. The molecule has 4 nitrogen and oxygen atoms in total. The van der Waals surface area contributed by atoms with Crippen LogP contribution in [-0.2, 0) is 10.0 Å². The van der Waals surface area contributed by atoms with E-state index >= 15 is 0 Å². The molecule has 0 saturated carbocycles. The summed E-state index contributed by atoms with van der Waals surface area (Å²) in [5.41, 5.74) is 5.96. The first kappa shape index (κ1) is 17.4. The van der Waals surface area contributed by atoms with Gasteiger partial charge in [-0.1, -0.05) is 50.5 Å². The third kappa shape index (κ3) is 4.41. The molecule has 7 heteroatoms. The zero-order valence-corrected chi connectivity index (χ0v) is 13.9. The molecule has 0 heterocycles. The Bertz CT molecular complexity index is 584. The number of hydrogen-bond acceptors (Lipinski definition) is 3. The van der Waals surface area contributed by atoms with Crippen molar-refractivity contribution in [1.82, 2.24) is 4.72 Å². The molecule has 0 amide bonds. The summed E-state index contributed by atoms with van der Waals surface area (Å²) in [4.78, 5) is 0.261. The van der Waals surface area contributed by atoms with Gasteiger partial charge in [0.25, 0.3) is 0 Å². The Morgan fingerprint density at radius 3 is 2.45 bits per heavy atom. The molecule has 0 spiro atoms. The molecular formula is C13H19ClN2O2S2. The van der Waals surface area contributed by atoms with Crippen LogP contribution in [0.25, 0.3) is 0 Å². The maximum absolute atomic E-state index is 12.2. The maximum Gasteiger partial charge on any atom is 0.240 e. The second kappa shape index (κ2) is 7.36. The molecule has 0 saturated heterocycles. The zero-order valence-electron chi connectivity index (χ0n) is 11.5. The summed E-state index contributed by atoms with van der Waals surface area (Å²) in [6, 6.07) is 4.34. The van der Waals surface area contributed by atoms with Crippen LogP contribution in [0.1, 0.15) is 32.3 Å². The highest BCUT2D eigenvalue weighted by Gasteiger charge is 2.17. The van der Waals surface area contributed by atoms with Gasteiger partial charge in [0.1, 0.15) is 4.99 Å². The van der Waals surface area contributed by atoms with Crippen LogP contribution in [0.4, 0.5) is 0 Å². The molecule has 0 atom stereocenters. The van der Waals surface area contributed by atoms with Gasteiger partial charge < -0.3 is 5.73 Å². The topological polar surface area (TPSA) is 72.2 Å². The lowest BCUT2D eigenvalue weighted by Crippen LogP contribution is -2.29. The lowest BCUT2D eigenvalue weighted by molar-refractivity contribution is 0.479. The highest BCUT2D eigenvalue weighted by atomic mass is 35.5. The summed E-state index contributed by atoms with van der Waals surface area (Å²) in [7, 11) is -3.56. The van der Waals surface area contributed by atoms with Crippen molar-refractivity contribution < 1.29 is 8.42 Å². The zero-order chi connectivity index (χ0) is 15.3. The molecule has 0 unspecified atom stereocenters. The van der Waals surface area contributed by atoms with Crippen LogP contribution in [0.15, 0.2) is 23.1 Å². The highest BCUT2D eigenvalue weighted by molar-refractivity contribution is 7.89. The largest absolute Gasteiger partial charge is 0.389 e. The molecule has 0 bridgehead atoms. The van der Waals surface area contributed by atoms with Crippen molar-refractivity contribution in [1.29, 1.82) is 0 Å². The minimum Gasteiger partial charge on any atom is -0.389 e. The summed E-state index contributed by atoms with van der Waals surface area (Å²) < 4.78 is 26.9. The number of benzene rings is 1. The number of halogens is 1. The molecule has 20 heavy (non-hydrogen) atoms. The van der Waals surface area contributed by atoms with E-state index in [2.05, 4.69) is 4.72 Å². The summed E-state index contributed by atoms with van der Waals surface area (Å²) in [5.74, 6) is 0.330. The summed E-state index contributed by atoms with van der Waals surface area (Å²) in [5, 5.41) is 0.239. The van der Waals surface area contributed by atoms with Gasteiger partial charge in [0.05, 0.1) is 9.92 Å². The van der Waals surface area contributed by atoms with E-state index < -0.39 is 10.0 Å². The Kier molecular flexibility index (Phi) is 6.39. The molecule has 112 valence electrons. The van der Waals surface area contributed by atoms with E-state index in [0.717, 1.165) is 12.8 Å². The van der Waals surface area contributed by atoms with E-state index in [1.165, 1.54) is 18.2 Å². The van der Waals surface area contributed by atoms with Crippen LogP contribution in [0, 0.1) is 5.92 Å². The fourth-order valence-electron chi connectivity index (χ4n) is 1.75. The molecular weight excluding hydrogens is 316 g/mol. The third-order valence-electron chi connectivity index (χ3n) is 3.23. The van der Waals surface area contributed by atoms with Gasteiger partial charge in [-0.3, -0.25) is 0 Å². The Hall–Kier alpha value is -0.690. The molecule has 0 radical (unpaired) electrons. The Labute approximate surface area is 130 Å². The molecule has 1 rings (SSSR count). The first-order chi connectivity index (χ1) is 9.31. The Morgan fingerprint density at radius 1 is 1.40 bits per heavy atom. The minimum atomic E-state index is -3.56. The lowest BCUT2D eigenvalue weighted by Gasteiger charge is -2.14. The van der Waals surface area contributed by atoms with Crippen molar-refractivity contribution in [3.05, 3.63) is 28.8 Å². The van der Waals surface area contributed by atoms with E-state index in [0.29, 0.717) is 18.0 Å². The summed E-state index contributed by atoms with van der Waals surface area (Å²) in [6.07, 6.45) is 1.86. The van der Waals surface area contributed by atoms with Crippen LogP contribution >= 0.6 is 23.8 Å². The first-order valence-corrected chi connectivity index (χ1v) is 8.67. The number of nitrogens with two attached hydrogens (primary N) is 1. The monoisotopic (exact) mass is 334 g/mol. The van der Waals surface area contributed by atoms with E-state index in [-0.39, 0.29) is 14.9 Å². The van der Waals surface area contributed by atoms with Gasteiger partial charge in [-0.25, -0.2) is 13.1 Å². The molecule has 3 N–H and O–H groups in total. The number of nitrogens with one attached hydrogen (secondary N) is 1. The average Bonchev–Trinajstić information content (AvgIpc) is 2.39. The maximum atomic E-state index is 12.2. The predicted octanol–water partition coefficient (Wildman–Crippen LogP) is 2.69. The molecule has 0 fully saturated rings. The van der Waals surface area contributed by atoms with Crippen molar-refractivity contribution in [2.45, 2.75) is 31.6 Å². The molecule has 0 aliphatic heterocycles.